The second-order valence-electron chi connectivity index (χ2n) is 2.67. The molecule has 0 aliphatic rings. The number of carbonyl (C=O) groups is 1. The van der Waals surface area contributed by atoms with Crippen LogP contribution in [0.1, 0.15) is 0 Å². The minimum atomic E-state index is -0.249. The summed E-state index contributed by atoms with van der Waals surface area (Å²) in [6.07, 6.45) is 0. The highest BCUT2D eigenvalue weighted by Crippen LogP contribution is 2.33. The van der Waals surface area contributed by atoms with Gasteiger partial charge in [-0.15, -0.1) is 0 Å². The van der Waals surface area contributed by atoms with Crippen molar-refractivity contribution in [3.8, 4) is 5.75 Å². The van der Waals surface area contributed by atoms with Gasteiger partial charge in [-0.3, -0.25) is 4.79 Å². The third kappa shape index (κ3) is 3.19. The molecule has 0 unspecified atom stereocenters. The zero-order valence-electron chi connectivity index (χ0n) is 7.88. The van der Waals surface area contributed by atoms with Gasteiger partial charge < -0.3 is 10.1 Å². The first-order valence-corrected chi connectivity index (χ1v) is 5.41. The molecule has 1 aromatic rings. The molecule has 0 aliphatic heterocycles. The molecule has 1 amide bonds. The normalized spacial score (nSPS) is 9.87. The molecule has 0 atom stereocenters. The van der Waals surface area contributed by atoms with Crippen LogP contribution in [0, 0.1) is 0 Å². The summed E-state index contributed by atoms with van der Waals surface area (Å²) < 4.78 is 4.97. The maximum atomic E-state index is 11.1. The molecule has 0 aliphatic carbocycles. The number of hydrogen-bond donors (Lipinski definition) is 2. The van der Waals surface area contributed by atoms with Crippen molar-refractivity contribution in [2.24, 2.45) is 0 Å². The van der Waals surface area contributed by atoms with Gasteiger partial charge in [0, 0.05) is 6.07 Å². The Morgan fingerprint density at radius 1 is 1.47 bits per heavy atom. The Bertz CT molecular complexity index is 385. The highest BCUT2D eigenvalue weighted by Gasteiger charge is 2.09. The van der Waals surface area contributed by atoms with Crippen molar-refractivity contribution in [1.29, 1.82) is 0 Å². The third-order valence-corrected chi connectivity index (χ3v) is 2.55. The van der Waals surface area contributed by atoms with E-state index in [2.05, 4.69) is 17.9 Å². The molecule has 15 heavy (non-hydrogen) atoms. The van der Waals surface area contributed by atoms with Crippen molar-refractivity contribution >= 4 is 47.4 Å². The number of ether oxygens (including phenoxy) is 1. The van der Waals surface area contributed by atoms with Crippen molar-refractivity contribution in [2.75, 3.05) is 18.2 Å². The van der Waals surface area contributed by atoms with Gasteiger partial charge in [0.15, 0.2) is 0 Å². The third-order valence-electron chi connectivity index (χ3n) is 1.66. The number of halogens is 2. The number of amides is 1. The van der Waals surface area contributed by atoms with Crippen LogP contribution in [0.5, 0.6) is 5.75 Å². The first-order chi connectivity index (χ1) is 7.08. The van der Waals surface area contributed by atoms with Gasteiger partial charge in [-0.2, -0.15) is 12.6 Å². The minimum Gasteiger partial charge on any atom is -0.495 e. The summed E-state index contributed by atoms with van der Waals surface area (Å²) in [5.41, 5.74) is 0.446. The van der Waals surface area contributed by atoms with Gasteiger partial charge in [-0.1, -0.05) is 23.2 Å². The Morgan fingerprint density at radius 3 is 2.67 bits per heavy atom. The molecular formula is C9H9Cl2NO2S. The minimum absolute atomic E-state index is 0.0833. The number of nitrogens with one attached hydrogen (secondary N) is 1. The van der Waals surface area contributed by atoms with Gasteiger partial charge in [-0.05, 0) is 6.07 Å². The standard InChI is InChI=1S/C9H9Cl2NO2S/c1-14-8-3-5(10)7(2-6(8)11)12-9(13)4-15/h2-3,15H,4H2,1H3,(H,12,13). The first kappa shape index (κ1) is 12.5. The lowest BCUT2D eigenvalue weighted by atomic mass is 10.3. The molecule has 0 radical (unpaired) electrons. The summed E-state index contributed by atoms with van der Waals surface area (Å²) in [6, 6.07) is 3.07. The quantitative estimate of drug-likeness (QED) is 0.825. The largest absolute Gasteiger partial charge is 0.495 e. The molecule has 1 N–H and O–H groups in total. The SMILES string of the molecule is COc1cc(Cl)c(NC(=O)CS)cc1Cl. The molecule has 1 aromatic carbocycles. The van der Waals surface area contributed by atoms with E-state index in [4.69, 9.17) is 27.9 Å². The van der Waals surface area contributed by atoms with Crippen LogP contribution in [-0.4, -0.2) is 18.8 Å². The van der Waals surface area contributed by atoms with Gasteiger partial charge in [0.25, 0.3) is 0 Å². The van der Waals surface area contributed by atoms with Crippen molar-refractivity contribution in [3.05, 3.63) is 22.2 Å². The van der Waals surface area contributed by atoms with E-state index in [9.17, 15) is 4.79 Å². The topological polar surface area (TPSA) is 38.3 Å². The first-order valence-electron chi connectivity index (χ1n) is 4.02. The van der Waals surface area contributed by atoms with Crippen molar-refractivity contribution < 1.29 is 9.53 Å². The number of rotatable bonds is 3. The maximum Gasteiger partial charge on any atom is 0.234 e. The molecule has 0 fully saturated rings. The molecule has 0 bridgehead atoms. The van der Waals surface area contributed by atoms with Crippen molar-refractivity contribution in [3.63, 3.8) is 0 Å². The van der Waals surface area contributed by atoms with Crippen LogP contribution < -0.4 is 10.1 Å². The number of thiol groups is 1. The van der Waals surface area contributed by atoms with Crippen LogP contribution >= 0.6 is 35.8 Å². The van der Waals surface area contributed by atoms with Gasteiger partial charge in [0.2, 0.25) is 5.91 Å². The van der Waals surface area contributed by atoms with Gasteiger partial charge in [0.1, 0.15) is 5.75 Å². The van der Waals surface area contributed by atoms with E-state index in [0.717, 1.165) is 0 Å². The number of carbonyl (C=O) groups excluding carboxylic acids is 1. The van der Waals surface area contributed by atoms with Crippen LogP contribution in [-0.2, 0) is 4.79 Å². The van der Waals surface area contributed by atoms with Gasteiger partial charge >= 0.3 is 0 Å². The summed E-state index contributed by atoms with van der Waals surface area (Å²) in [5, 5.41) is 3.32. The average Bonchev–Trinajstić information content (AvgIpc) is 2.22. The number of benzene rings is 1. The van der Waals surface area contributed by atoms with E-state index in [0.29, 0.717) is 21.5 Å². The monoisotopic (exact) mass is 265 g/mol. The molecular weight excluding hydrogens is 257 g/mol. The predicted molar refractivity (Wildman–Crippen MR) is 65.5 cm³/mol. The average molecular weight is 266 g/mol. The summed E-state index contributed by atoms with van der Waals surface area (Å²) in [5.74, 6) is 0.298. The number of anilines is 1. The van der Waals surface area contributed by atoms with Crippen LogP contribution in [0.25, 0.3) is 0 Å². The Kier molecular flexibility index (Phi) is 4.57. The fraction of sp³-hybridized carbons (Fsp3) is 0.222. The molecule has 1 rings (SSSR count). The fourth-order valence-corrected chi connectivity index (χ4v) is 1.49. The van der Waals surface area contributed by atoms with E-state index in [-0.39, 0.29) is 11.7 Å². The second kappa shape index (κ2) is 5.49. The Labute approximate surface area is 103 Å². The lowest BCUT2D eigenvalue weighted by Gasteiger charge is -2.09. The number of methoxy groups -OCH3 is 1. The van der Waals surface area contributed by atoms with E-state index < -0.39 is 0 Å². The zero-order chi connectivity index (χ0) is 11.4. The molecule has 0 saturated carbocycles. The summed E-state index contributed by atoms with van der Waals surface area (Å²) in [6.45, 7) is 0. The Hall–Kier alpha value is -0.580. The zero-order valence-corrected chi connectivity index (χ0v) is 10.3. The fourth-order valence-electron chi connectivity index (χ4n) is 0.971. The summed E-state index contributed by atoms with van der Waals surface area (Å²) >= 11 is 15.6. The number of hydrogen-bond acceptors (Lipinski definition) is 3. The Morgan fingerprint density at radius 2 is 2.13 bits per heavy atom. The highest BCUT2D eigenvalue weighted by molar-refractivity contribution is 7.81. The molecule has 0 saturated heterocycles. The van der Waals surface area contributed by atoms with Gasteiger partial charge in [0.05, 0.1) is 28.6 Å². The molecule has 0 aromatic heterocycles. The van der Waals surface area contributed by atoms with E-state index in [1.165, 1.54) is 19.2 Å². The van der Waals surface area contributed by atoms with Crippen LogP contribution in [0.15, 0.2) is 12.1 Å². The van der Waals surface area contributed by atoms with E-state index in [1.54, 1.807) is 0 Å². The maximum absolute atomic E-state index is 11.1. The second-order valence-corrected chi connectivity index (χ2v) is 3.80. The van der Waals surface area contributed by atoms with Crippen LogP contribution in [0.3, 0.4) is 0 Å². The summed E-state index contributed by atoms with van der Waals surface area (Å²) in [4.78, 5) is 11.1. The van der Waals surface area contributed by atoms with Crippen molar-refractivity contribution in [1.82, 2.24) is 0 Å². The van der Waals surface area contributed by atoms with E-state index >= 15 is 0 Å². The molecule has 82 valence electrons. The molecule has 3 nitrogen and oxygen atoms in total. The van der Waals surface area contributed by atoms with Crippen molar-refractivity contribution in [2.45, 2.75) is 0 Å². The lowest BCUT2D eigenvalue weighted by molar-refractivity contribution is -0.113. The Balaban J connectivity index is 3.00. The highest BCUT2D eigenvalue weighted by atomic mass is 35.5. The molecule has 0 spiro atoms. The molecule has 0 heterocycles. The summed E-state index contributed by atoms with van der Waals surface area (Å²) in [7, 11) is 1.49. The van der Waals surface area contributed by atoms with Crippen LogP contribution in [0.2, 0.25) is 10.0 Å². The lowest BCUT2D eigenvalue weighted by Crippen LogP contribution is -2.12. The molecule has 6 heteroatoms. The van der Waals surface area contributed by atoms with E-state index in [1.807, 2.05) is 0 Å². The predicted octanol–water partition coefficient (Wildman–Crippen LogP) is 2.87. The van der Waals surface area contributed by atoms with Crippen LogP contribution in [0.4, 0.5) is 5.69 Å². The smallest absolute Gasteiger partial charge is 0.234 e. The van der Waals surface area contributed by atoms with Gasteiger partial charge in [-0.25, -0.2) is 0 Å².